The number of urea groups is 1. The number of nitrogens with one attached hydrogen (secondary N) is 2. The summed E-state index contributed by atoms with van der Waals surface area (Å²) in [7, 11) is 2.87. The lowest BCUT2D eigenvalue weighted by Gasteiger charge is -2.31. The summed E-state index contributed by atoms with van der Waals surface area (Å²) in [6.45, 7) is 1.92. The Morgan fingerprint density at radius 2 is 1.93 bits per heavy atom. The molecule has 86 valence electrons. The lowest BCUT2D eigenvalue weighted by atomic mass is 9.93. The van der Waals surface area contributed by atoms with Gasteiger partial charge in [-0.3, -0.25) is 10.1 Å². The van der Waals surface area contributed by atoms with Crippen LogP contribution in [0.4, 0.5) is 4.79 Å². The van der Waals surface area contributed by atoms with Gasteiger partial charge in [-0.25, -0.2) is 4.79 Å². The standard InChI is InChI=1S/C9H16N2O4/c1-4-5-9(7(14-2)15-3)6(12)10-8(13)11-9/h7H,4-5H2,1-3H3,(H2,10,11,12,13)/t9-/m0/s1. The zero-order valence-corrected chi connectivity index (χ0v) is 9.12. The molecule has 1 rings (SSSR count). The number of methoxy groups -OCH3 is 2. The van der Waals surface area contributed by atoms with Crippen LogP contribution in [0.25, 0.3) is 0 Å². The summed E-state index contributed by atoms with van der Waals surface area (Å²) >= 11 is 0. The topological polar surface area (TPSA) is 76.7 Å². The van der Waals surface area contributed by atoms with E-state index in [2.05, 4.69) is 10.6 Å². The molecule has 0 saturated carbocycles. The van der Waals surface area contributed by atoms with E-state index in [1.807, 2.05) is 6.92 Å². The van der Waals surface area contributed by atoms with Crippen molar-refractivity contribution in [2.24, 2.45) is 0 Å². The van der Waals surface area contributed by atoms with Crippen molar-refractivity contribution < 1.29 is 19.1 Å². The van der Waals surface area contributed by atoms with Gasteiger partial charge in [0.1, 0.15) is 0 Å². The third-order valence-corrected chi connectivity index (χ3v) is 2.44. The first-order valence-corrected chi connectivity index (χ1v) is 4.80. The van der Waals surface area contributed by atoms with E-state index in [0.29, 0.717) is 6.42 Å². The van der Waals surface area contributed by atoms with Crippen LogP contribution >= 0.6 is 0 Å². The third kappa shape index (κ3) is 1.95. The van der Waals surface area contributed by atoms with E-state index in [1.165, 1.54) is 14.2 Å². The molecule has 3 amide bonds. The number of hydrogen-bond donors (Lipinski definition) is 2. The monoisotopic (exact) mass is 216 g/mol. The molecule has 0 spiro atoms. The van der Waals surface area contributed by atoms with Gasteiger partial charge in [0.25, 0.3) is 5.91 Å². The average Bonchev–Trinajstić information content (AvgIpc) is 2.45. The first-order valence-electron chi connectivity index (χ1n) is 4.80. The van der Waals surface area contributed by atoms with E-state index in [9.17, 15) is 9.59 Å². The fourth-order valence-electron chi connectivity index (χ4n) is 1.86. The van der Waals surface area contributed by atoms with Crippen molar-refractivity contribution in [3.05, 3.63) is 0 Å². The number of imide groups is 1. The molecule has 0 radical (unpaired) electrons. The predicted molar refractivity (Wildman–Crippen MR) is 52.1 cm³/mol. The van der Waals surface area contributed by atoms with E-state index in [4.69, 9.17) is 9.47 Å². The van der Waals surface area contributed by atoms with E-state index in [1.54, 1.807) is 0 Å². The first kappa shape index (κ1) is 11.9. The molecule has 1 saturated heterocycles. The maximum absolute atomic E-state index is 11.7. The number of hydrogen-bond acceptors (Lipinski definition) is 4. The molecule has 1 aliphatic rings. The minimum absolute atomic E-state index is 0.400. The molecular weight excluding hydrogens is 200 g/mol. The van der Waals surface area contributed by atoms with Crippen LogP contribution in [-0.2, 0) is 14.3 Å². The van der Waals surface area contributed by atoms with E-state index >= 15 is 0 Å². The van der Waals surface area contributed by atoms with Gasteiger partial charge in [0.05, 0.1) is 0 Å². The summed E-state index contributed by atoms with van der Waals surface area (Å²) in [5.74, 6) is -0.400. The molecule has 1 atom stereocenters. The Hall–Kier alpha value is -1.14. The molecule has 0 unspecified atom stereocenters. The highest BCUT2D eigenvalue weighted by molar-refractivity contribution is 6.07. The lowest BCUT2D eigenvalue weighted by molar-refractivity contribution is -0.165. The van der Waals surface area contributed by atoms with Gasteiger partial charge in [0, 0.05) is 14.2 Å². The number of ether oxygens (including phenoxy) is 2. The summed E-state index contributed by atoms with van der Waals surface area (Å²) in [6, 6.07) is -0.507. The van der Waals surface area contributed by atoms with Gasteiger partial charge in [0.15, 0.2) is 11.8 Å². The van der Waals surface area contributed by atoms with Gasteiger partial charge in [0.2, 0.25) is 0 Å². The van der Waals surface area contributed by atoms with Crippen molar-refractivity contribution in [2.75, 3.05) is 14.2 Å². The highest BCUT2D eigenvalue weighted by Crippen LogP contribution is 2.24. The molecule has 15 heavy (non-hydrogen) atoms. The minimum atomic E-state index is -1.10. The second kappa shape index (κ2) is 4.59. The Morgan fingerprint density at radius 1 is 1.33 bits per heavy atom. The summed E-state index contributed by atoms with van der Waals surface area (Å²) in [5, 5.41) is 4.76. The normalized spacial score (nSPS) is 25.6. The molecule has 0 bridgehead atoms. The van der Waals surface area contributed by atoms with Crippen LogP contribution in [0.3, 0.4) is 0 Å². The number of carbonyl (C=O) groups is 2. The molecular formula is C9H16N2O4. The summed E-state index contributed by atoms with van der Waals surface area (Å²) in [5.41, 5.74) is -1.10. The van der Waals surface area contributed by atoms with Crippen LogP contribution in [0.1, 0.15) is 19.8 Å². The summed E-state index contributed by atoms with van der Waals surface area (Å²) in [6.07, 6.45) is 0.428. The maximum atomic E-state index is 11.7. The smallest absolute Gasteiger partial charge is 0.322 e. The largest absolute Gasteiger partial charge is 0.353 e. The first-order chi connectivity index (χ1) is 7.10. The van der Waals surface area contributed by atoms with E-state index in [-0.39, 0.29) is 0 Å². The molecule has 0 aliphatic carbocycles. The molecule has 0 aromatic rings. The predicted octanol–water partition coefficient (Wildman–Crippen LogP) is -0.0164. The molecule has 2 N–H and O–H groups in total. The molecule has 6 nitrogen and oxygen atoms in total. The zero-order valence-electron chi connectivity index (χ0n) is 9.12. The van der Waals surface area contributed by atoms with Crippen LogP contribution in [0.2, 0.25) is 0 Å². The third-order valence-electron chi connectivity index (χ3n) is 2.44. The lowest BCUT2D eigenvalue weighted by Crippen LogP contribution is -2.57. The Balaban J connectivity index is 2.96. The van der Waals surface area contributed by atoms with Crippen LogP contribution in [-0.4, -0.2) is 38.0 Å². The molecule has 1 aliphatic heterocycles. The Morgan fingerprint density at radius 3 is 2.27 bits per heavy atom. The second-order valence-electron chi connectivity index (χ2n) is 3.43. The van der Waals surface area contributed by atoms with Crippen LogP contribution in [0.15, 0.2) is 0 Å². The maximum Gasteiger partial charge on any atom is 0.322 e. The molecule has 1 heterocycles. The zero-order chi connectivity index (χ0) is 11.5. The van der Waals surface area contributed by atoms with Crippen LogP contribution in [0.5, 0.6) is 0 Å². The number of amides is 3. The van der Waals surface area contributed by atoms with Crippen molar-refractivity contribution in [3.8, 4) is 0 Å². The highest BCUT2D eigenvalue weighted by atomic mass is 16.7. The Labute approximate surface area is 88.3 Å². The minimum Gasteiger partial charge on any atom is -0.353 e. The molecule has 1 fully saturated rings. The molecule has 0 aromatic carbocycles. The summed E-state index contributed by atoms with van der Waals surface area (Å²) < 4.78 is 10.1. The van der Waals surface area contributed by atoms with Crippen molar-refractivity contribution in [1.29, 1.82) is 0 Å². The SMILES string of the molecule is CCC[C@]1(C(OC)OC)NC(=O)NC1=O. The molecule has 0 aromatic heterocycles. The van der Waals surface area contributed by atoms with Crippen LogP contribution < -0.4 is 10.6 Å². The number of rotatable bonds is 5. The fraction of sp³-hybridized carbons (Fsp3) is 0.778. The fourth-order valence-corrected chi connectivity index (χ4v) is 1.86. The number of carbonyl (C=O) groups excluding carboxylic acids is 2. The van der Waals surface area contributed by atoms with Gasteiger partial charge in [-0.15, -0.1) is 0 Å². The van der Waals surface area contributed by atoms with Gasteiger partial charge in [-0.05, 0) is 6.42 Å². The van der Waals surface area contributed by atoms with Crippen molar-refractivity contribution >= 4 is 11.9 Å². The van der Waals surface area contributed by atoms with Gasteiger partial charge in [-0.2, -0.15) is 0 Å². The van der Waals surface area contributed by atoms with Crippen molar-refractivity contribution in [3.63, 3.8) is 0 Å². The van der Waals surface area contributed by atoms with E-state index < -0.39 is 23.8 Å². The highest BCUT2D eigenvalue weighted by Gasteiger charge is 2.52. The quantitative estimate of drug-likeness (QED) is 0.500. The molecule has 6 heteroatoms. The van der Waals surface area contributed by atoms with Crippen molar-refractivity contribution in [1.82, 2.24) is 10.6 Å². The second-order valence-corrected chi connectivity index (χ2v) is 3.43. The van der Waals surface area contributed by atoms with Gasteiger partial charge < -0.3 is 14.8 Å². The van der Waals surface area contributed by atoms with Crippen molar-refractivity contribution in [2.45, 2.75) is 31.6 Å². The Bertz CT molecular complexity index is 265. The average molecular weight is 216 g/mol. The van der Waals surface area contributed by atoms with Crippen LogP contribution in [0, 0.1) is 0 Å². The summed E-state index contributed by atoms with van der Waals surface area (Å²) in [4.78, 5) is 22.8. The van der Waals surface area contributed by atoms with E-state index in [0.717, 1.165) is 6.42 Å². The van der Waals surface area contributed by atoms with Gasteiger partial charge in [-0.1, -0.05) is 13.3 Å². The Kier molecular flexibility index (Phi) is 3.65. The van der Waals surface area contributed by atoms with Gasteiger partial charge >= 0.3 is 6.03 Å².